The Kier molecular flexibility index (Phi) is 4.91. The van der Waals surface area contributed by atoms with Crippen LogP contribution in [-0.4, -0.2) is 26.8 Å². The lowest BCUT2D eigenvalue weighted by Gasteiger charge is -2.45. The highest BCUT2D eigenvalue weighted by molar-refractivity contribution is 7.99. The van der Waals surface area contributed by atoms with Gasteiger partial charge in [-0.05, 0) is 85.8 Å². The van der Waals surface area contributed by atoms with E-state index in [0.29, 0.717) is 17.6 Å². The van der Waals surface area contributed by atoms with Gasteiger partial charge in [0.2, 0.25) is 5.91 Å². The lowest BCUT2D eigenvalue weighted by atomic mass is 9.59. The van der Waals surface area contributed by atoms with Gasteiger partial charge in [-0.2, -0.15) is 5.10 Å². The Labute approximate surface area is 170 Å². The van der Waals surface area contributed by atoms with E-state index in [-0.39, 0.29) is 5.91 Å². The minimum Gasteiger partial charge on any atom is -0.326 e. The first-order valence-electron chi connectivity index (χ1n) is 10.6. The molecule has 0 saturated heterocycles. The highest BCUT2D eigenvalue weighted by atomic mass is 32.2. The summed E-state index contributed by atoms with van der Waals surface area (Å²) in [4.78, 5) is 16.3. The standard InChI is InChI=1S/C22H28N4OS/c27-20(6-8-28-21-23-14-24-26-21)25-19-3-1-18(2-4-19)22-7-5-15-9-16(12-22)11-17(10-15)13-22/h1-4,14-17H,5-13H2,(H,25,27)(H,23,24,26). The van der Waals surface area contributed by atoms with Crippen molar-refractivity contribution in [2.24, 2.45) is 17.8 Å². The molecule has 0 spiro atoms. The maximum Gasteiger partial charge on any atom is 0.225 e. The molecule has 4 saturated carbocycles. The molecule has 2 N–H and O–H groups in total. The number of aromatic nitrogens is 3. The van der Waals surface area contributed by atoms with Gasteiger partial charge in [0, 0.05) is 17.9 Å². The van der Waals surface area contributed by atoms with Crippen molar-refractivity contribution < 1.29 is 4.79 Å². The second kappa shape index (κ2) is 7.54. The lowest BCUT2D eigenvalue weighted by molar-refractivity contribution is -0.115. The van der Waals surface area contributed by atoms with Crippen LogP contribution in [0, 0.1) is 17.8 Å². The number of rotatable bonds is 6. The van der Waals surface area contributed by atoms with Crippen LogP contribution in [-0.2, 0) is 10.2 Å². The molecule has 4 aliphatic rings. The maximum atomic E-state index is 12.2. The van der Waals surface area contributed by atoms with E-state index in [2.05, 4.69) is 44.8 Å². The molecular formula is C22H28N4OS. The Balaban J connectivity index is 1.20. The van der Waals surface area contributed by atoms with Crippen LogP contribution in [0.4, 0.5) is 5.69 Å². The SMILES string of the molecule is O=C(CCSc1ncn[nH]1)Nc1ccc(C23CCC4CC(CC(C4)C2)C3)cc1. The van der Waals surface area contributed by atoms with Crippen LogP contribution in [0.15, 0.2) is 35.7 Å². The van der Waals surface area contributed by atoms with Crippen LogP contribution in [0.1, 0.15) is 56.9 Å². The summed E-state index contributed by atoms with van der Waals surface area (Å²) in [5.74, 6) is 3.61. The van der Waals surface area contributed by atoms with Gasteiger partial charge in [0.25, 0.3) is 0 Å². The third kappa shape index (κ3) is 3.71. The third-order valence-electron chi connectivity index (χ3n) is 7.13. The number of nitrogens with zero attached hydrogens (tertiary/aromatic N) is 2. The first-order valence-corrected chi connectivity index (χ1v) is 11.6. The normalized spacial score (nSPS) is 30.9. The Morgan fingerprint density at radius 1 is 1.14 bits per heavy atom. The smallest absolute Gasteiger partial charge is 0.225 e. The molecule has 1 amide bonds. The topological polar surface area (TPSA) is 70.7 Å². The molecule has 6 rings (SSSR count). The number of H-pyrrole nitrogens is 1. The fraction of sp³-hybridized carbons (Fsp3) is 0.591. The van der Waals surface area contributed by atoms with Gasteiger partial charge in [-0.15, -0.1) is 0 Å². The summed E-state index contributed by atoms with van der Waals surface area (Å²) in [6.07, 6.45) is 11.9. The zero-order chi connectivity index (χ0) is 19.0. The second-order valence-electron chi connectivity index (χ2n) is 9.05. The van der Waals surface area contributed by atoms with E-state index in [1.807, 2.05) is 0 Å². The zero-order valence-electron chi connectivity index (χ0n) is 16.2. The average molecular weight is 397 g/mol. The molecule has 1 aromatic heterocycles. The molecule has 0 aliphatic heterocycles. The molecule has 5 nitrogen and oxygen atoms in total. The Hall–Kier alpha value is -1.82. The Morgan fingerprint density at radius 2 is 1.89 bits per heavy atom. The molecule has 1 heterocycles. The molecule has 2 atom stereocenters. The van der Waals surface area contributed by atoms with Gasteiger partial charge in [-0.1, -0.05) is 23.9 Å². The molecule has 0 radical (unpaired) electrons. The first-order chi connectivity index (χ1) is 13.7. The summed E-state index contributed by atoms with van der Waals surface area (Å²) in [7, 11) is 0. The predicted octanol–water partition coefficient (Wildman–Crippen LogP) is 4.78. The van der Waals surface area contributed by atoms with Crippen molar-refractivity contribution in [2.45, 2.75) is 61.9 Å². The molecule has 6 heteroatoms. The van der Waals surface area contributed by atoms with Gasteiger partial charge in [0.05, 0.1) is 0 Å². The maximum absolute atomic E-state index is 12.2. The minimum atomic E-state index is 0.0472. The fourth-order valence-electron chi connectivity index (χ4n) is 6.16. The highest BCUT2D eigenvalue weighted by Crippen LogP contribution is 2.57. The molecule has 2 aromatic rings. The minimum absolute atomic E-state index is 0.0472. The van der Waals surface area contributed by atoms with Crippen LogP contribution >= 0.6 is 11.8 Å². The molecule has 2 unspecified atom stereocenters. The van der Waals surface area contributed by atoms with Gasteiger partial charge in [0.15, 0.2) is 5.16 Å². The fourth-order valence-corrected chi connectivity index (χ4v) is 6.88. The lowest BCUT2D eigenvalue weighted by Crippen LogP contribution is -2.37. The summed E-state index contributed by atoms with van der Waals surface area (Å²) in [5.41, 5.74) is 2.80. The van der Waals surface area contributed by atoms with Crippen molar-refractivity contribution >= 4 is 23.4 Å². The number of carbonyl (C=O) groups excluding carboxylic acids is 1. The van der Waals surface area contributed by atoms with Crippen molar-refractivity contribution in [2.75, 3.05) is 11.1 Å². The van der Waals surface area contributed by atoms with E-state index in [1.165, 1.54) is 68.6 Å². The van der Waals surface area contributed by atoms with E-state index in [9.17, 15) is 4.79 Å². The first kappa shape index (κ1) is 18.2. The Bertz CT molecular complexity index is 806. The van der Waals surface area contributed by atoms with E-state index in [1.54, 1.807) is 0 Å². The summed E-state index contributed by atoms with van der Waals surface area (Å²) in [5, 5.41) is 10.4. The summed E-state index contributed by atoms with van der Waals surface area (Å²) >= 11 is 1.51. The van der Waals surface area contributed by atoms with E-state index >= 15 is 0 Å². The molecule has 148 valence electrons. The van der Waals surface area contributed by atoms with Crippen molar-refractivity contribution in [1.82, 2.24) is 15.2 Å². The van der Waals surface area contributed by atoms with Crippen LogP contribution in [0.2, 0.25) is 0 Å². The number of benzene rings is 1. The van der Waals surface area contributed by atoms with Gasteiger partial charge < -0.3 is 5.32 Å². The van der Waals surface area contributed by atoms with Gasteiger partial charge in [0.1, 0.15) is 6.33 Å². The number of carbonyl (C=O) groups is 1. The van der Waals surface area contributed by atoms with Crippen LogP contribution in [0.5, 0.6) is 0 Å². The molecule has 28 heavy (non-hydrogen) atoms. The summed E-state index contributed by atoms with van der Waals surface area (Å²) < 4.78 is 0. The summed E-state index contributed by atoms with van der Waals surface area (Å²) in [6, 6.07) is 8.77. The number of thioether (sulfide) groups is 1. The van der Waals surface area contributed by atoms with Crippen LogP contribution < -0.4 is 5.32 Å². The number of fused-ring (bicyclic) bond motifs is 1. The largest absolute Gasteiger partial charge is 0.326 e. The highest BCUT2D eigenvalue weighted by Gasteiger charge is 2.48. The van der Waals surface area contributed by atoms with E-state index in [4.69, 9.17) is 0 Å². The average Bonchev–Trinajstić information content (AvgIpc) is 3.11. The quantitative estimate of drug-likeness (QED) is 0.689. The van der Waals surface area contributed by atoms with Crippen LogP contribution in [0.25, 0.3) is 0 Å². The summed E-state index contributed by atoms with van der Waals surface area (Å²) in [6.45, 7) is 0. The molecule has 1 aromatic carbocycles. The molecule has 4 bridgehead atoms. The van der Waals surface area contributed by atoms with Crippen molar-refractivity contribution in [3.05, 3.63) is 36.2 Å². The number of aromatic amines is 1. The van der Waals surface area contributed by atoms with Crippen molar-refractivity contribution in [1.29, 1.82) is 0 Å². The number of amides is 1. The van der Waals surface area contributed by atoms with Gasteiger partial charge in [-0.3, -0.25) is 9.89 Å². The second-order valence-corrected chi connectivity index (χ2v) is 10.1. The van der Waals surface area contributed by atoms with Crippen LogP contribution in [0.3, 0.4) is 0 Å². The van der Waals surface area contributed by atoms with Gasteiger partial charge >= 0.3 is 0 Å². The number of hydrogen-bond acceptors (Lipinski definition) is 4. The Morgan fingerprint density at radius 3 is 2.61 bits per heavy atom. The zero-order valence-corrected chi connectivity index (χ0v) is 17.0. The van der Waals surface area contributed by atoms with Crippen molar-refractivity contribution in [3.8, 4) is 0 Å². The number of anilines is 1. The number of hydrogen-bond donors (Lipinski definition) is 2. The van der Waals surface area contributed by atoms with E-state index < -0.39 is 0 Å². The molecule has 4 fully saturated rings. The van der Waals surface area contributed by atoms with Crippen molar-refractivity contribution in [3.63, 3.8) is 0 Å². The monoisotopic (exact) mass is 396 g/mol. The molecule has 4 aliphatic carbocycles. The van der Waals surface area contributed by atoms with E-state index in [0.717, 1.165) is 28.6 Å². The predicted molar refractivity (Wildman–Crippen MR) is 111 cm³/mol. The van der Waals surface area contributed by atoms with Gasteiger partial charge in [-0.25, -0.2) is 4.98 Å². The third-order valence-corrected chi connectivity index (χ3v) is 8.01. The molecular weight excluding hydrogens is 368 g/mol. The number of nitrogens with one attached hydrogen (secondary N) is 2.